The minimum Gasteiger partial charge on any atom is -0.433 e. The van der Waals surface area contributed by atoms with E-state index in [1.54, 1.807) is 18.2 Å². The molecule has 1 aliphatic rings. The second-order valence-corrected chi connectivity index (χ2v) is 6.56. The van der Waals surface area contributed by atoms with E-state index >= 15 is 0 Å². The Labute approximate surface area is 161 Å². The fourth-order valence-electron chi connectivity index (χ4n) is 3.03. The van der Waals surface area contributed by atoms with Gasteiger partial charge in [0.2, 0.25) is 11.9 Å². The summed E-state index contributed by atoms with van der Waals surface area (Å²) >= 11 is 0. The standard InChI is InChI=1S/C19H19F2N5O2/c1-3-19(12-22)8-10-26(16(19)27)15-7-9-23-17(25-15)24-13-5-4-6-14(11-13)28-18(2,20)21/h4-7,9,11H,3,8,10H2,1-2H3,(H,23,24,25). The largest absolute Gasteiger partial charge is 0.433 e. The summed E-state index contributed by atoms with van der Waals surface area (Å²) < 4.78 is 30.6. The van der Waals surface area contributed by atoms with E-state index in [1.165, 1.54) is 23.2 Å². The maximum Gasteiger partial charge on any atom is 0.394 e. The van der Waals surface area contributed by atoms with Crippen LogP contribution in [0.5, 0.6) is 5.75 Å². The van der Waals surface area contributed by atoms with Crippen LogP contribution in [-0.4, -0.2) is 28.5 Å². The van der Waals surface area contributed by atoms with E-state index in [-0.39, 0.29) is 17.6 Å². The average molecular weight is 387 g/mol. The van der Waals surface area contributed by atoms with Gasteiger partial charge >= 0.3 is 6.11 Å². The maximum absolute atomic E-state index is 13.0. The smallest absolute Gasteiger partial charge is 0.394 e. The van der Waals surface area contributed by atoms with Gasteiger partial charge < -0.3 is 10.1 Å². The number of halogens is 2. The van der Waals surface area contributed by atoms with E-state index in [4.69, 9.17) is 0 Å². The second-order valence-electron chi connectivity index (χ2n) is 6.56. The number of nitrogens with one attached hydrogen (secondary N) is 1. The van der Waals surface area contributed by atoms with Gasteiger partial charge in [0.25, 0.3) is 0 Å². The fourth-order valence-corrected chi connectivity index (χ4v) is 3.03. The molecule has 0 spiro atoms. The molecular weight excluding hydrogens is 368 g/mol. The predicted octanol–water partition coefficient (Wildman–Crippen LogP) is 3.87. The van der Waals surface area contributed by atoms with Crippen LogP contribution in [0.3, 0.4) is 0 Å². The number of rotatable bonds is 6. The topological polar surface area (TPSA) is 91.1 Å². The highest BCUT2D eigenvalue weighted by Crippen LogP contribution is 2.36. The van der Waals surface area contributed by atoms with Crippen LogP contribution in [0.4, 0.5) is 26.2 Å². The van der Waals surface area contributed by atoms with Crippen LogP contribution >= 0.6 is 0 Å². The average Bonchev–Trinajstić information content (AvgIpc) is 2.98. The van der Waals surface area contributed by atoms with Crippen molar-refractivity contribution in [2.24, 2.45) is 5.41 Å². The summed E-state index contributed by atoms with van der Waals surface area (Å²) in [6, 6.07) is 9.73. The SMILES string of the molecule is CCC1(C#N)CCN(c2ccnc(Nc3cccc(OC(C)(F)F)c3)n2)C1=O. The van der Waals surface area contributed by atoms with Crippen LogP contribution in [0.1, 0.15) is 26.7 Å². The number of anilines is 3. The summed E-state index contributed by atoms with van der Waals surface area (Å²) in [6.45, 7) is 2.86. The molecule has 3 rings (SSSR count). The van der Waals surface area contributed by atoms with Crippen molar-refractivity contribution in [3.63, 3.8) is 0 Å². The molecule has 1 saturated heterocycles. The third-order valence-corrected chi connectivity index (χ3v) is 4.54. The van der Waals surface area contributed by atoms with Crippen molar-refractivity contribution >= 4 is 23.4 Å². The zero-order valence-electron chi connectivity index (χ0n) is 15.4. The first kappa shape index (κ1) is 19.5. The highest BCUT2D eigenvalue weighted by molar-refractivity contribution is 6.01. The Bertz CT molecular complexity index is 925. The van der Waals surface area contributed by atoms with Gasteiger partial charge in [0, 0.05) is 31.4 Å². The summed E-state index contributed by atoms with van der Waals surface area (Å²) in [6.07, 6.45) is -0.936. The Hall–Kier alpha value is -3.28. The lowest BCUT2D eigenvalue weighted by Crippen LogP contribution is -2.33. The van der Waals surface area contributed by atoms with Crippen molar-refractivity contribution in [3.8, 4) is 11.8 Å². The Morgan fingerprint density at radius 3 is 2.86 bits per heavy atom. The molecule has 1 atom stereocenters. The molecule has 2 heterocycles. The van der Waals surface area contributed by atoms with E-state index in [0.29, 0.717) is 37.8 Å². The molecule has 146 valence electrons. The number of amides is 1. The molecule has 1 aromatic carbocycles. The molecule has 28 heavy (non-hydrogen) atoms. The molecule has 0 aliphatic carbocycles. The van der Waals surface area contributed by atoms with Crippen molar-refractivity contribution in [2.75, 3.05) is 16.8 Å². The van der Waals surface area contributed by atoms with Gasteiger partial charge in [-0.1, -0.05) is 13.0 Å². The first-order chi connectivity index (χ1) is 13.3. The lowest BCUT2D eigenvalue weighted by molar-refractivity contribution is -0.158. The lowest BCUT2D eigenvalue weighted by Gasteiger charge is -2.19. The van der Waals surface area contributed by atoms with Crippen molar-refractivity contribution in [2.45, 2.75) is 32.8 Å². The van der Waals surface area contributed by atoms with Gasteiger partial charge in [-0.3, -0.25) is 9.69 Å². The van der Waals surface area contributed by atoms with Gasteiger partial charge in [-0.05, 0) is 31.0 Å². The van der Waals surface area contributed by atoms with Crippen molar-refractivity contribution in [1.82, 2.24) is 9.97 Å². The van der Waals surface area contributed by atoms with E-state index in [2.05, 4.69) is 26.1 Å². The zero-order chi connectivity index (χ0) is 20.4. The molecule has 2 aromatic rings. The zero-order valence-corrected chi connectivity index (χ0v) is 15.4. The molecule has 0 bridgehead atoms. The van der Waals surface area contributed by atoms with E-state index in [0.717, 1.165) is 0 Å². The van der Waals surface area contributed by atoms with Gasteiger partial charge in [0.1, 0.15) is 17.0 Å². The molecule has 9 heteroatoms. The first-order valence-corrected chi connectivity index (χ1v) is 8.76. The number of alkyl halides is 2. The maximum atomic E-state index is 13.0. The molecule has 1 unspecified atom stereocenters. The van der Waals surface area contributed by atoms with Crippen LogP contribution in [0, 0.1) is 16.7 Å². The van der Waals surface area contributed by atoms with Crippen molar-refractivity contribution < 1.29 is 18.3 Å². The number of hydrogen-bond donors (Lipinski definition) is 1. The highest BCUT2D eigenvalue weighted by atomic mass is 19.3. The molecule has 7 nitrogen and oxygen atoms in total. The van der Waals surface area contributed by atoms with Crippen LogP contribution in [-0.2, 0) is 4.79 Å². The van der Waals surface area contributed by atoms with Gasteiger partial charge in [-0.15, -0.1) is 0 Å². The number of nitrogens with zero attached hydrogens (tertiary/aromatic N) is 4. The molecule has 0 radical (unpaired) electrons. The lowest BCUT2D eigenvalue weighted by atomic mass is 9.85. The molecule has 1 amide bonds. The fraction of sp³-hybridized carbons (Fsp3) is 0.368. The normalized spacial score (nSPS) is 19.4. The molecular formula is C19H19F2N5O2. The summed E-state index contributed by atoms with van der Waals surface area (Å²) in [4.78, 5) is 22.6. The minimum atomic E-state index is -3.29. The Kier molecular flexibility index (Phi) is 5.14. The molecule has 1 fully saturated rings. The van der Waals surface area contributed by atoms with Gasteiger partial charge in [0.15, 0.2) is 0 Å². The molecule has 1 N–H and O–H groups in total. The Morgan fingerprint density at radius 2 is 2.21 bits per heavy atom. The Balaban J connectivity index is 1.79. The Morgan fingerprint density at radius 1 is 1.43 bits per heavy atom. The highest BCUT2D eigenvalue weighted by Gasteiger charge is 2.46. The van der Waals surface area contributed by atoms with E-state index in [9.17, 15) is 18.8 Å². The van der Waals surface area contributed by atoms with Crippen LogP contribution in [0.15, 0.2) is 36.5 Å². The van der Waals surface area contributed by atoms with E-state index in [1.807, 2.05) is 6.92 Å². The quantitative estimate of drug-likeness (QED) is 0.809. The van der Waals surface area contributed by atoms with Crippen molar-refractivity contribution in [1.29, 1.82) is 5.26 Å². The summed E-state index contributed by atoms with van der Waals surface area (Å²) in [5, 5.41) is 12.3. The molecule has 1 aliphatic heterocycles. The van der Waals surface area contributed by atoms with Crippen LogP contribution < -0.4 is 15.0 Å². The number of hydrogen-bond acceptors (Lipinski definition) is 6. The number of benzene rings is 1. The number of carbonyl (C=O) groups excluding carboxylic acids is 1. The van der Waals surface area contributed by atoms with Gasteiger partial charge in [-0.2, -0.15) is 19.0 Å². The third kappa shape index (κ3) is 4.01. The minimum absolute atomic E-state index is 0.00914. The number of carbonyl (C=O) groups is 1. The monoisotopic (exact) mass is 387 g/mol. The molecule has 1 aromatic heterocycles. The summed E-state index contributed by atoms with van der Waals surface area (Å²) in [5.41, 5.74) is -0.568. The van der Waals surface area contributed by atoms with Gasteiger partial charge in [0.05, 0.1) is 6.07 Å². The number of ether oxygens (including phenoxy) is 1. The van der Waals surface area contributed by atoms with E-state index < -0.39 is 11.5 Å². The number of aromatic nitrogens is 2. The van der Waals surface area contributed by atoms with Crippen molar-refractivity contribution in [3.05, 3.63) is 36.5 Å². The summed E-state index contributed by atoms with van der Waals surface area (Å²) in [5.74, 6) is 0.282. The summed E-state index contributed by atoms with van der Waals surface area (Å²) in [7, 11) is 0. The van der Waals surface area contributed by atoms with Crippen LogP contribution in [0.25, 0.3) is 0 Å². The second kappa shape index (κ2) is 7.38. The first-order valence-electron chi connectivity index (χ1n) is 8.76. The number of nitriles is 1. The van der Waals surface area contributed by atoms with Crippen LogP contribution in [0.2, 0.25) is 0 Å². The van der Waals surface area contributed by atoms with Gasteiger partial charge in [-0.25, -0.2) is 4.98 Å². The molecule has 0 saturated carbocycles. The third-order valence-electron chi connectivity index (χ3n) is 4.54. The predicted molar refractivity (Wildman–Crippen MR) is 98.3 cm³/mol.